The first kappa shape index (κ1) is 21.7. The summed E-state index contributed by atoms with van der Waals surface area (Å²) in [6.07, 6.45) is 4.51. The summed E-state index contributed by atoms with van der Waals surface area (Å²) in [6, 6.07) is 23.3. The van der Waals surface area contributed by atoms with Crippen LogP contribution in [0.15, 0.2) is 77.8 Å². The van der Waals surface area contributed by atoms with Crippen molar-refractivity contribution < 1.29 is 4.79 Å². The van der Waals surface area contributed by atoms with Crippen LogP contribution in [0.5, 0.6) is 0 Å². The standard InChI is InChI=1S/C28H24ClN5O/c29-23-10-5-3-8-20(23)18-34-24-11-6-4-9-22(24)26(28(34)35)30-21-15-13-19(14-16-21)27-32-31-25-12-2-1-7-17-33(25)27/h3-6,8-11,13-16H,1-2,7,12,17-18H2. The van der Waals surface area contributed by atoms with E-state index in [-0.39, 0.29) is 5.91 Å². The number of halogens is 1. The van der Waals surface area contributed by atoms with Crippen LogP contribution in [-0.2, 0) is 24.3 Å². The molecule has 0 spiro atoms. The second-order valence-corrected chi connectivity index (χ2v) is 9.32. The molecule has 0 atom stereocenters. The Bertz CT molecular complexity index is 1440. The number of amides is 1. The van der Waals surface area contributed by atoms with Crippen LogP contribution in [0.1, 0.15) is 36.2 Å². The average Bonchev–Trinajstić information content (AvgIpc) is 3.29. The van der Waals surface area contributed by atoms with E-state index in [1.165, 1.54) is 6.42 Å². The van der Waals surface area contributed by atoms with E-state index in [9.17, 15) is 4.79 Å². The van der Waals surface area contributed by atoms with E-state index >= 15 is 0 Å². The van der Waals surface area contributed by atoms with E-state index in [2.05, 4.69) is 14.8 Å². The number of para-hydroxylation sites is 1. The zero-order chi connectivity index (χ0) is 23.8. The van der Waals surface area contributed by atoms with Gasteiger partial charge in [-0.15, -0.1) is 10.2 Å². The molecule has 0 bridgehead atoms. The molecule has 2 aliphatic heterocycles. The summed E-state index contributed by atoms with van der Waals surface area (Å²) in [5.74, 6) is 1.83. The SMILES string of the molecule is O=C1C(=Nc2ccc(-c3nnc4n3CCCCC4)cc2)c2ccccc2N1Cc1ccccc1Cl. The van der Waals surface area contributed by atoms with Crippen molar-refractivity contribution in [1.29, 1.82) is 0 Å². The Morgan fingerprint density at radius 1 is 0.886 bits per heavy atom. The second kappa shape index (κ2) is 9.12. The first-order valence-electron chi connectivity index (χ1n) is 11.9. The van der Waals surface area contributed by atoms with Crippen LogP contribution in [0.3, 0.4) is 0 Å². The van der Waals surface area contributed by atoms with E-state index in [4.69, 9.17) is 16.6 Å². The molecule has 1 aromatic heterocycles. The topological polar surface area (TPSA) is 63.4 Å². The number of hydrogen-bond acceptors (Lipinski definition) is 4. The van der Waals surface area contributed by atoms with Crippen molar-refractivity contribution in [2.45, 2.75) is 38.8 Å². The van der Waals surface area contributed by atoms with Gasteiger partial charge in [-0.1, -0.05) is 54.4 Å². The highest BCUT2D eigenvalue weighted by molar-refractivity contribution is 6.54. The third-order valence-corrected chi connectivity index (χ3v) is 7.03. The lowest BCUT2D eigenvalue weighted by molar-refractivity contribution is -0.112. The molecular formula is C28H24ClN5O. The molecule has 0 radical (unpaired) electrons. The van der Waals surface area contributed by atoms with Gasteiger partial charge in [0.2, 0.25) is 0 Å². The first-order valence-corrected chi connectivity index (χ1v) is 12.3. The average molecular weight is 482 g/mol. The fourth-order valence-corrected chi connectivity index (χ4v) is 5.03. The van der Waals surface area contributed by atoms with Crippen molar-refractivity contribution in [2.75, 3.05) is 4.90 Å². The number of nitrogens with zero attached hydrogens (tertiary/aromatic N) is 5. The lowest BCUT2D eigenvalue weighted by Crippen LogP contribution is -2.29. The molecule has 0 fully saturated rings. The molecule has 1 amide bonds. The highest BCUT2D eigenvalue weighted by Crippen LogP contribution is 2.33. The summed E-state index contributed by atoms with van der Waals surface area (Å²) in [6.45, 7) is 1.35. The highest BCUT2D eigenvalue weighted by Gasteiger charge is 2.34. The summed E-state index contributed by atoms with van der Waals surface area (Å²) in [5.41, 5.74) is 4.75. The molecule has 2 aliphatic rings. The van der Waals surface area contributed by atoms with Gasteiger partial charge in [-0.25, -0.2) is 4.99 Å². The van der Waals surface area contributed by atoms with Crippen molar-refractivity contribution >= 4 is 34.6 Å². The van der Waals surface area contributed by atoms with E-state index in [1.54, 1.807) is 4.90 Å². The van der Waals surface area contributed by atoms with Gasteiger partial charge in [0.1, 0.15) is 11.5 Å². The number of anilines is 1. The minimum Gasteiger partial charge on any atom is -0.311 e. The van der Waals surface area contributed by atoms with Gasteiger partial charge in [0, 0.05) is 29.1 Å². The van der Waals surface area contributed by atoms with Crippen molar-refractivity contribution in [1.82, 2.24) is 14.8 Å². The van der Waals surface area contributed by atoms with Crippen LogP contribution >= 0.6 is 11.6 Å². The minimum absolute atomic E-state index is 0.127. The Hall–Kier alpha value is -3.77. The van der Waals surface area contributed by atoms with Crippen molar-refractivity contribution in [2.24, 2.45) is 4.99 Å². The maximum atomic E-state index is 13.5. The van der Waals surface area contributed by atoms with Gasteiger partial charge in [0.25, 0.3) is 5.91 Å². The van der Waals surface area contributed by atoms with E-state index < -0.39 is 0 Å². The minimum atomic E-state index is -0.127. The number of aryl methyl sites for hydroxylation is 1. The molecule has 7 heteroatoms. The molecular weight excluding hydrogens is 458 g/mol. The van der Waals surface area contributed by atoms with Crippen LogP contribution in [0.2, 0.25) is 5.02 Å². The number of rotatable bonds is 4. The van der Waals surface area contributed by atoms with E-state index in [0.717, 1.165) is 65.5 Å². The van der Waals surface area contributed by atoms with Gasteiger partial charge in [-0.3, -0.25) is 4.79 Å². The fourth-order valence-electron chi connectivity index (χ4n) is 4.84. The molecule has 6 nitrogen and oxygen atoms in total. The third kappa shape index (κ3) is 4.04. The molecule has 6 rings (SSSR count). The van der Waals surface area contributed by atoms with Crippen LogP contribution in [0.25, 0.3) is 11.4 Å². The van der Waals surface area contributed by atoms with E-state index in [0.29, 0.717) is 17.3 Å². The van der Waals surface area contributed by atoms with Crippen LogP contribution in [0.4, 0.5) is 11.4 Å². The van der Waals surface area contributed by atoms with Crippen molar-refractivity contribution in [3.8, 4) is 11.4 Å². The Balaban J connectivity index is 1.31. The Kier molecular flexibility index (Phi) is 5.66. The number of fused-ring (bicyclic) bond motifs is 2. The number of carbonyl (C=O) groups is 1. The molecule has 0 saturated carbocycles. The number of hydrogen-bond donors (Lipinski definition) is 0. The van der Waals surface area contributed by atoms with E-state index in [1.807, 2.05) is 72.8 Å². The molecule has 174 valence electrons. The Labute approximate surface area is 208 Å². The van der Waals surface area contributed by atoms with Gasteiger partial charge >= 0.3 is 0 Å². The monoisotopic (exact) mass is 481 g/mol. The maximum Gasteiger partial charge on any atom is 0.277 e. The molecule has 3 aromatic carbocycles. The zero-order valence-electron chi connectivity index (χ0n) is 19.2. The zero-order valence-corrected chi connectivity index (χ0v) is 19.9. The van der Waals surface area contributed by atoms with Crippen molar-refractivity contribution in [3.63, 3.8) is 0 Å². The summed E-state index contributed by atoms with van der Waals surface area (Å²) in [4.78, 5) is 20.0. The number of carbonyl (C=O) groups excluding carboxylic acids is 1. The first-order chi connectivity index (χ1) is 17.2. The van der Waals surface area contributed by atoms with Crippen molar-refractivity contribution in [3.05, 3.63) is 94.8 Å². The van der Waals surface area contributed by atoms with Gasteiger partial charge in [0.15, 0.2) is 5.82 Å². The quantitative estimate of drug-likeness (QED) is 0.359. The normalized spacial score (nSPS) is 16.3. The fraction of sp³-hybridized carbons (Fsp3) is 0.214. The summed E-state index contributed by atoms with van der Waals surface area (Å²) in [5, 5.41) is 9.50. The molecule has 0 N–H and O–H groups in total. The summed E-state index contributed by atoms with van der Waals surface area (Å²) >= 11 is 6.37. The van der Waals surface area contributed by atoms with Gasteiger partial charge < -0.3 is 9.47 Å². The largest absolute Gasteiger partial charge is 0.311 e. The molecule has 4 aromatic rings. The lowest BCUT2D eigenvalue weighted by atomic mass is 10.1. The number of aliphatic imine (C=N–C) groups is 1. The molecule has 3 heterocycles. The highest BCUT2D eigenvalue weighted by atomic mass is 35.5. The smallest absolute Gasteiger partial charge is 0.277 e. The molecule has 35 heavy (non-hydrogen) atoms. The summed E-state index contributed by atoms with van der Waals surface area (Å²) < 4.78 is 2.23. The van der Waals surface area contributed by atoms with Gasteiger partial charge in [0.05, 0.1) is 17.9 Å². The maximum absolute atomic E-state index is 13.5. The Morgan fingerprint density at radius 2 is 1.69 bits per heavy atom. The van der Waals surface area contributed by atoms with Gasteiger partial charge in [-0.2, -0.15) is 0 Å². The predicted molar refractivity (Wildman–Crippen MR) is 138 cm³/mol. The van der Waals surface area contributed by atoms with Crippen LogP contribution < -0.4 is 4.90 Å². The molecule has 0 unspecified atom stereocenters. The Morgan fingerprint density at radius 3 is 2.54 bits per heavy atom. The molecule has 0 saturated heterocycles. The second-order valence-electron chi connectivity index (χ2n) is 8.91. The lowest BCUT2D eigenvalue weighted by Gasteiger charge is -2.17. The summed E-state index contributed by atoms with van der Waals surface area (Å²) in [7, 11) is 0. The van der Waals surface area contributed by atoms with Crippen LogP contribution in [-0.4, -0.2) is 26.4 Å². The predicted octanol–water partition coefficient (Wildman–Crippen LogP) is 5.99. The number of benzene rings is 3. The molecule has 0 aliphatic carbocycles. The van der Waals surface area contributed by atoms with Gasteiger partial charge in [-0.05, 0) is 54.8 Å². The van der Waals surface area contributed by atoms with Crippen LogP contribution in [0, 0.1) is 0 Å². The number of aromatic nitrogens is 3. The third-order valence-electron chi connectivity index (χ3n) is 6.66.